The topological polar surface area (TPSA) is 83.3 Å². The van der Waals surface area contributed by atoms with Gasteiger partial charge in [-0.15, -0.1) is 0 Å². The number of methoxy groups -OCH3 is 1. The summed E-state index contributed by atoms with van der Waals surface area (Å²) in [5.74, 6) is 0. The number of nitro benzene ring substituents is 1. The Kier molecular flexibility index (Phi) is 3.82. The van der Waals surface area contributed by atoms with Gasteiger partial charge in [0.2, 0.25) is 0 Å². The fourth-order valence-corrected chi connectivity index (χ4v) is 1.94. The van der Waals surface area contributed by atoms with Gasteiger partial charge in [-0.05, 0) is 18.2 Å². The molecule has 0 fully saturated rings. The van der Waals surface area contributed by atoms with E-state index in [1.54, 1.807) is 19.2 Å². The summed E-state index contributed by atoms with van der Waals surface area (Å²) in [6.07, 6.45) is 1.88. The number of ether oxygens (including phenoxy) is 1. The molecule has 0 saturated carbocycles. The number of aromatic nitrogens is 1. The lowest BCUT2D eigenvalue weighted by Crippen LogP contribution is -2.05. The van der Waals surface area contributed by atoms with E-state index in [2.05, 4.69) is 0 Å². The van der Waals surface area contributed by atoms with Gasteiger partial charge in [0.1, 0.15) is 0 Å². The zero-order valence-electron chi connectivity index (χ0n) is 10.6. The molecule has 0 bridgehead atoms. The summed E-state index contributed by atoms with van der Waals surface area (Å²) in [6.45, 7) is 1.26. The van der Waals surface area contributed by atoms with Gasteiger partial charge in [-0.1, -0.05) is 0 Å². The van der Waals surface area contributed by atoms with Crippen molar-refractivity contribution in [1.29, 1.82) is 0 Å². The Bertz CT molecular complexity index is 575. The third-order valence-electron chi connectivity index (χ3n) is 2.88. The molecule has 0 aliphatic rings. The van der Waals surface area contributed by atoms with Gasteiger partial charge in [0.05, 0.1) is 22.9 Å². The van der Waals surface area contributed by atoms with Crippen molar-refractivity contribution in [2.45, 2.75) is 6.54 Å². The number of nitrogens with two attached hydrogens (primary N) is 1. The molecule has 1 aromatic heterocycles. The number of nitro groups is 1. The fourth-order valence-electron chi connectivity index (χ4n) is 1.94. The summed E-state index contributed by atoms with van der Waals surface area (Å²) in [6, 6.07) is 8.16. The molecule has 19 heavy (non-hydrogen) atoms. The highest BCUT2D eigenvalue weighted by atomic mass is 16.6. The minimum atomic E-state index is -0.420. The number of non-ortho nitro benzene ring substituents is 1. The van der Waals surface area contributed by atoms with Gasteiger partial charge >= 0.3 is 0 Å². The van der Waals surface area contributed by atoms with Crippen LogP contribution in [-0.4, -0.2) is 23.2 Å². The largest absolute Gasteiger partial charge is 0.397 e. The van der Waals surface area contributed by atoms with Gasteiger partial charge < -0.3 is 15.0 Å². The molecule has 2 rings (SSSR count). The van der Waals surface area contributed by atoms with Crippen LogP contribution >= 0.6 is 0 Å². The first-order valence-corrected chi connectivity index (χ1v) is 5.82. The van der Waals surface area contributed by atoms with Crippen LogP contribution in [0, 0.1) is 10.1 Å². The summed E-state index contributed by atoms with van der Waals surface area (Å²) in [7, 11) is 1.64. The Balaban J connectivity index is 2.35. The summed E-state index contributed by atoms with van der Waals surface area (Å²) in [5, 5.41) is 10.6. The van der Waals surface area contributed by atoms with Crippen LogP contribution in [0.2, 0.25) is 0 Å². The minimum Gasteiger partial charge on any atom is -0.397 e. The van der Waals surface area contributed by atoms with E-state index in [-0.39, 0.29) is 5.69 Å². The first kappa shape index (κ1) is 13.1. The van der Waals surface area contributed by atoms with Crippen molar-refractivity contribution < 1.29 is 9.66 Å². The molecule has 0 aliphatic carbocycles. The number of hydrogen-bond donors (Lipinski definition) is 1. The third kappa shape index (κ3) is 2.74. The van der Waals surface area contributed by atoms with E-state index in [1.165, 1.54) is 12.1 Å². The molecular formula is C13H15N3O3. The van der Waals surface area contributed by atoms with Gasteiger partial charge in [0.25, 0.3) is 5.69 Å². The second-order valence-electron chi connectivity index (χ2n) is 4.11. The second-order valence-corrected chi connectivity index (χ2v) is 4.11. The molecule has 2 N–H and O–H groups in total. The van der Waals surface area contributed by atoms with Gasteiger partial charge in [0.15, 0.2) is 0 Å². The molecule has 6 heteroatoms. The third-order valence-corrected chi connectivity index (χ3v) is 2.88. The molecule has 1 heterocycles. The molecule has 0 unspecified atom stereocenters. The second kappa shape index (κ2) is 5.53. The SMILES string of the molecule is COCCn1ccc(N)c1-c1ccc([N+](=O)[O-])cc1. The Morgan fingerprint density at radius 3 is 2.58 bits per heavy atom. The molecule has 0 spiro atoms. The first-order valence-electron chi connectivity index (χ1n) is 5.82. The average molecular weight is 261 g/mol. The van der Waals surface area contributed by atoms with E-state index in [1.807, 2.05) is 16.8 Å². The summed E-state index contributed by atoms with van der Waals surface area (Å²) in [5.41, 5.74) is 8.36. The van der Waals surface area contributed by atoms with Crippen LogP contribution in [0.1, 0.15) is 0 Å². The molecule has 2 aromatic rings. The Morgan fingerprint density at radius 2 is 2.00 bits per heavy atom. The molecule has 0 aliphatic heterocycles. The maximum absolute atomic E-state index is 10.6. The molecular weight excluding hydrogens is 246 g/mol. The van der Waals surface area contributed by atoms with Gasteiger partial charge in [-0.2, -0.15) is 0 Å². The van der Waals surface area contributed by atoms with Crippen molar-refractivity contribution in [3.05, 3.63) is 46.6 Å². The van der Waals surface area contributed by atoms with Crippen molar-refractivity contribution in [3.8, 4) is 11.3 Å². The van der Waals surface area contributed by atoms with Gasteiger partial charge in [0, 0.05) is 37.5 Å². The zero-order chi connectivity index (χ0) is 13.8. The van der Waals surface area contributed by atoms with Crippen molar-refractivity contribution in [2.24, 2.45) is 0 Å². The van der Waals surface area contributed by atoms with Crippen LogP contribution in [0.4, 0.5) is 11.4 Å². The van der Waals surface area contributed by atoms with Crippen LogP contribution in [-0.2, 0) is 11.3 Å². The number of anilines is 1. The molecule has 0 saturated heterocycles. The molecule has 0 radical (unpaired) electrons. The predicted molar refractivity (Wildman–Crippen MR) is 72.8 cm³/mol. The van der Waals surface area contributed by atoms with Crippen LogP contribution < -0.4 is 5.73 Å². The highest BCUT2D eigenvalue weighted by Gasteiger charge is 2.11. The lowest BCUT2D eigenvalue weighted by Gasteiger charge is -2.09. The smallest absolute Gasteiger partial charge is 0.269 e. The lowest BCUT2D eigenvalue weighted by atomic mass is 10.1. The summed E-state index contributed by atoms with van der Waals surface area (Å²) >= 11 is 0. The normalized spacial score (nSPS) is 10.6. The highest BCUT2D eigenvalue weighted by molar-refractivity contribution is 5.74. The Hall–Kier alpha value is -2.34. The van der Waals surface area contributed by atoms with E-state index in [0.29, 0.717) is 18.8 Å². The van der Waals surface area contributed by atoms with Crippen molar-refractivity contribution in [2.75, 3.05) is 19.5 Å². The molecule has 0 atom stereocenters. The lowest BCUT2D eigenvalue weighted by molar-refractivity contribution is -0.384. The van der Waals surface area contributed by atoms with E-state index >= 15 is 0 Å². The quantitative estimate of drug-likeness (QED) is 0.661. The van der Waals surface area contributed by atoms with Crippen LogP contribution in [0.25, 0.3) is 11.3 Å². The Morgan fingerprint density at radius 1 is 1.32 bits per heavy atom. The summed E-state index contributed by atoms with van der Waals surface area (Å²) < 4.78 is 7.02. The summed E-state index contributed by atoms with van der Waals surface area (Å²) in [4.78, 5) is 10.2. The number of rotatable bonds is 5. The van der Waals surface area contributed by atoms with Gasteiger partial charge in [-0.3, -0.25) is 10.1 Å². The number of hydrogen-bond acceptors (Lipinski definition) is 4. The van der Waals surface area contributed by atoms with Crippen LogP contribution in [0.5, 0.6) is 0 Å². The van der Waals surface area contributed by atoms with E-state index in [0.717, 1.165) is 11.3 Å². The standard InChI is InChI=1S/C13H15N3O3/c1-19-9-8-15-7-6-12(14)13(15)10-2-4-11(5-3-10)16(17)18/h2-7H,8-9,14H2,1H3. The number of benzene rings is 1. The Labute approximate surface area is 110 Å². The molecule has 1 aromatic carbocycles. The zero-order valence-corrected chi connectivity index (χ0v) is 10.6. The predicted octanol–water partition coefficient (Wildman–Crippen LogP) is 2.29. The molecule has 100 valence electrons. The van der Waals surface area contributed by atoms with Crippen molar-refractivity contribution in [3.63, 3.8) is 0 Å². The highest BCUT2D eigenvalue weighted by Crippen LogP contribution is 2.28. The van der Waals surface area contributed by atoms with Crippen LogP contribution in [0.15, 0.2) is 36.5 Å². The fraction of sp³-hybridized carbons (Fsp3) is 0.231. The molecule has 0 amide bonds. The van der Waals surface area contributed by atoms with E-state index in [4.69, 9.17) is 10.5 Å². The first-order chi connectivity index (χ1) is 9.13. The van der Waals surface area contributed by atoms with Crippen LogP contribution in [0.3, 0.4) is 0 Å². The van der Waals surface area contributed by atoms with Crippen molar-refractivity contribution >= 4 is 11.4 Å². The maximum atomic E-state index is 10.6. The average Bonchev–Trinajstić information content (AvgIpc) is 2.77. The van der Waals surface area contributed by atoms with E-state index < -0.39 is 4.92 Å². The molecule has 6 nitrogen and oxygen atoms in total. The van der Waals surface area contributed by atoms with E-state index in [9.17, 15) is 10.1 Å². The minimum absolute atomic E-state index is 0.0670. The van der Waals surface area contributed by atoms with Gasteiger partial charge in [-0.25, -0.2) is 0 Å². The number of nitrogens with zero attached hydrogens (tertiary/aromatic N) is 2. The maximum Gasteiger partial charge on any atom is 0.269 e. The monoisotopic (exact) mass is 261 g/mol. The number of nitrogen functional groups attached to an aromatic ring is 1. The van der Waals surface area contributed by atoms with Crippen molar-refractivity contribution in [1.82, 2.24) is 4.57 Å².